The van der Waals surface area contributed by atoms with Gasteiger partial charge in [0, 0.05) is 57.6 Å². The van der Waals surface area contributed by atoms with Gasteiger partial charge in [-0.1, -0.05) is 18.2 Å². The number of esters is 5. The van der Waals surface area contributed by atoms with Crippen LogP contribution in [0.2, 0.25) is 0 Å². The maximum atomic E-state index is 12.4. The van der Waals surface area contributed by atoms with Crippen LogP contribution < -0.4 is 9.47 Å². The molecule has 3 heterocycles. The number of nitrogens with zero attached hydrogens (tertiary/aromatic N) is 1. The molecule has 0 saturated carbocycles. The summed E-state index contributed by atoms with van der Waals surface area (Å²) in [5.74, 6) is -2.03. The fourth-order valence-electron chi connectivity index (χ4n) is 8.01. The molecular formula is C33H39NO12S. The summed E-state index contributed by atoms with van der Waals surface area (Å²) in [6, 6.07) is 4.04. The fourth-order valence-corrected chi connectivity index (χ4v) is 9.52. The molecule has 10 atom stereocenters. The lowest BCUT2D eigenvalue weighted by molar-refractivity contribution is -0.237. The molecule has 254 valence electrons. The van der Waals surface area contributed by atoms with E-state index in [0.717, 1.165) is 30.5 Å². The highest BCUT2D eigenvalue weighted by atomic mass is 32.2. The third-order valence-electron chi connectivity index (χ3n) is 9.61. The van der Waals surface area contributed by atoms with Crippen LogP contribution in [0.4, 0.5) is 0 Å². The van der Waals surface area contributed by atoms with Crippen LogP contribution in [-0.2, 0) is 59.5 Å². The summed E-state index contributed by atoms with van der Waals surface area (Å²) in [6.45, 7) is 6.71. The molecule has 3 aliphatic heterocycles. The van der Waals surface area contributed by atoms with Crippen molar-refractivity contribution in [2.45, 2.75) is 100 Å². The largest absolute Gasteiger partial charge is 0.484 e. The number of hydrogen-bond acceptors (Lipinski definition) is 14. The zero-order valence-corrected chi connectivity index (χ0v) is 27.9. The summed E-state index contributed by atoms with van der Waals surface area (Å²) in [5, 5.41) is -0.375. The second-order valence-electron chi connectivity index (χ2n) is 12.7. The number of rotatable bonds is 8. The van der Waals surface area contributed by atoms with Crippen molar-refractivity contribution >= 4 is 41.6 Å². The normalized spacial score (nSPS) is 34.7. The summed E-state index contributed by atoms with van der Waals surface area (Å²) in [6.07, 6.45) is 0.726. The minimum Gasteiger partial charge on any atom is -0.484 e. The van der Waals surface area contributed by atoms with E-state index < -0.39 is 71.2 Å². The van der Waals surface area contributed by atoms with E-state index in [1.807, 2.05) is 6.07 Å². The topological polar surface area (TPSA) is 153 Å². The Morgan fingerprint density at radius 1 is 0.894 bits per heavy atom. The van der Waals surface area contributed by atoms with Gasteiger partial charge >= 0.3 is 29.8 Å². The molecule has 1 aromatic rings. The van der Waals surface area contributed by atoms with Crippen LogP contribution in [0, 0.1) is 5.92 Å². The number of benzene rings is 1. The lowest BCUT2D eigenvalue weighted by Gasteiger charge is -2.57. The molecule has 13 nitrogen and oxygen atoms in total. The summed E-state index contributed by atoms with van der Waals surface area (Å²) < 4.78 is 41.1. The highest BCUT2D eigenvalue weighted by Crippen LogP contribution is 2.64. The van der Waals surface area contributed by atoms with Crippen molar-refractivity contribution in [2.75, 3.05) is 20.2 Å². The molecule has 6 unspecified atom stereocenters. The van der Waals surface area contributed by atoms with Gasteiger partial charge in [-0.25, -0.2) is 0 Å². The number of likely N-dealkylation sites (tertiary alicyclic amines) is 1. The molecule has 6 rings (SSSR count). The van der Waals surface area contributed by atoms with Gasteiger partial charge in [-0.2, -0.15) is 0 Å². The smallest absolute Gasteiger partial charge is 0.308 e. The number of ether oxygens (including phenoxy) is 7. The molecule has 2 fully saturated rings. The van der Waals surface area contributed by atoms with Crippen molar-refractivity contribution in [3.63, 3.8) is 0 Å². The Kier molecular flexibility index (Phi) is 9.05. The monoisotopic (exact) mass is 673 g/mol. The van der Waals surface area contributed by atoms with E-state index in [1.165, 1.54) is 46.4 Å². The van der Waals surface area contributed by atoms with Crippen molar-refractivity contribution < 1.29 is 57.1 Å². The molecular weight excluding hydrogens is 634 g/mol. The number of thioether (sulfide) groups is 1. The van der Waals surface area contributed by atoms with Gasteiger partial charge in [0.25, 0.3) is 0 Å². The molecule has 0 aromatic heterocycles. The lowest BCUT2D eigenvalue weighted by atomic mass is 9.53. The molecule has 0 amide bonds. The Balaban J connectivity index is 1.40. The van der Waals surface area contributed by atoms with Gasteiger partial charge in [-0.15, -0.1) is 11.8 Å². The van der Waals surface area contributed by atoms with E-state index in [-0.39, 0.29) is 23.8 Å². The zero-order chi connectivity index (χ0) is 33.8. The van der Waals surface area contributed by atoms with Crippen LogP contribution in [0.3, 0.4) is 0 Å². The van der Waals surface area contributed by atoms with Crippen molar-refractivity contribution in [3.05, 3.63) is 35.4 Å². The van der Waals surface area contributed by atoms with Crippen molar-refractivity contribution in [2.24, 2.45) is 5.92 Å². The van der Waals surface area contributed by atoms with Crippen LogP contribution in [0.5, 0.6) is 11.5 Å². The van der Waals surface area contributed by atoms with Crippen LogP contribution >= 0.6 is 11.8 Å². The first-order chi connectivity index (χ1) is 22.3. The molecule has 1 aromatic carbocycles. The van der Waals surface area contributed by atoms with E-state index in [2.05, 4.69) is 24.1 Å². The Bertz CT molecular complexity index is 1510. The van der Waals surface area contributed by atoms with E-state index in [4.69, 9.17) is 33.2 Å². The van der Waals surface area contributed by atoms with Gasteiger partial charge in [0.15, 0.2) is 29.8 Å². The van der Waals surface area contributed by atoms with Gasteiger partial charge < -0.3 is 38.1 Å². The zero-order valence-electron chi connectivity index (χ0n) is 27.1. The maximum absolute atomic E-state index is 12.4. The summed E-state index contributed by atoms with van der Waals surface area (Å²) >= 11 is 1.32. The van der Waals surface area contributed by atoms with Crippen molar-refractivity contribution in [3.8, 4) is 11.5 Å². The summed E-state index contributed by atoms with van der Waals surface area (Å²) in [7, 11) is 2.13. The highest BCUT2D eigenvalue weighted by Gasteiger charge is 2.65. The minimum absolute atomic E-state index is 0.125. The molecule has 0 N–H and O–H groups in total. The van der Waals surface area contributed by atoms with E-state index in [9.17, 15) is 24.0 Å². The number of carbonyl (C=O) groups is 5. The van der Waals surface area contributed by atoms with Gasteiger partial charge in [0.2, 0.25) is 0 Å². The third-order valence-corrected chi connectivity index (χ3v) is 11.0. The second kappa shape index (κ2) is 12.8. The number of piperidine rings is 1. The standard InChI is InChI=1S/C33H39NO12S/c1-15(35)40-14-24-28(42-17(3)37)29(43-18(4)38)30(44-19(5)39)32(45-24)47-25-10-8-21-22-13-20-7-9-23(41-16(2)36)27-26(20)33(21,31(25)46-27)11-12-34(22)6/h7-10,21-22,24-25,28-32H,11-14H2,1-6H3/t21-,22+,24?,25?,28?,29?,30?,31-,32?,33-/m0/s1. The number of carbonyl (C=O) groups excluding carboxylic acids is 5. The average Bonchev–Trinajstić information content (AvgIpc) is 3.33. The molecule has 1 spiro atoms. The molecule has 0 radical (unpaired) electrons. The predicted molar refractivity (Wildman–Crippen MR) is 165 cm³/mol. The molecule has 2 saturated heterocycles. The third kappa shape index (κ3) is 5.99. The van der Waals surface area contributed by atoms with Crippen molar-refractivity contribution in [1.82, 2.24) is 4.90 Å². The van der Waals surface area contributed by atoms with Gasteiger partial charge in [-0.3, -0.25) is 24.0 Å². The van der Waals surface area contributed by atoms with Crippen LogP contribution in [-0.4, -0.2) is 102 Å². The Labute approximate surface area is 276 Å². The fraction of sp³-hybridized carbons (Fsp3) is 0.606. The molecule has 47 heavy (non-hydrogen) atoms. The average molecular weight is 674 g/mol. The molecule has 5 aliphatic rings. The van der Waals surface area contributed by atoms with Crippen LogP contribution in [0.1, 0.15) is 52.2 Å². The number of hydrogen-bond donors (Lipinski definition) is 0. The van der Waals surface area contributed by atoms with E-state index >= 15 is 0 Å². The van der Waals surface area contributed by atoms with Gasteiger partial charge in [0.05, 0.1) is 5.25 Å². The first kappa shape index (κ1) is 33.3. The molecule has 2 aliphatic carbocycles. The Morgan fingerprint density at radius 2 is 1.57 bits per heavy atom. The second-order valence-corrected chi connectivity index (χ2v) is 14.0. The molecule has 2 bridgehead atoms. The maximum Gasteiger partial charge on any atom is 0.308 e. The molecule has 14 heteroatoms. The lowest BCUT2D eigenvalue weighted by Crippen LogP contribution is -2.65. The quantitative estimate of drug-likeness (QED) is 0.172. The first-order valence-electron chi connectivity index (χ1n) is 15.7. The Hall–Kier alpha value is -3.62. The van der Waals surface area contributed by atoms with Gasteiger partial charge in [-0.05, 0) is 38.1 Å². The SMILES string of the molecule is CC(=O)OCC1OC(SC2C=C[C@H]3[C@H]4Cc5ccc(OC(C)=O)c6c5[C@@]3(CCN4C)[C@H]2O6)C(OC(C)=O)C(OC(C)=O)C1OC(C)=O. The summed E-state index contributed by atoms with van der Waals surface area (Å²) in [4.78, 5) is 63.2. The van der Waals surface area contributed by atoms with Crippen LogP contribution in [0.25, 0.3) is 0 Å². The van der Waals surface area contributed by atoms with Crippen molar-refractivity contribution in [1.29, 1.82) is 0 Å². The summed E-state index contributed by atoms with van der Waals surface area (Å²) in [5.41, 5.74) is 0.814. The van der Waals surface area contributed by atoms with E-state index in [0.29, 0.717) is 11.5 Å². The highest BCUT2D eigenvalue weighted by molar-refractivity contribution is 8.00. The Morgan fingerprint density at radius 3 is 2.23 bits per heavy atom. The minimum atomic E-state index is -1.27. The predicted octanol–water partition coefficient (Wildman–Crippen LogP) is 2.24. The van der Waals surface area contributed by atoms with E-state index in [1.54, 1.807) is 6.07 Å². The van der Waals surface area contributed by atoms with Crippen LogP contribution in [0.15, 0.2) is 24.3 Å². The van der Waals surface area contributed by atoms with Gasteiger partial charge in [0.1, 0.15) is 24.3 Å². The first-order valence-corrected chi connectivity index (χ1v) is 16.6. The number of likely N-dealkylation sites (N-methyl/N-ethyl adjacent to an activating group) is 1.